The van der Waals surface area contributed by atoms with E-state index in [1.807, 2.05) is 52.0 Å². The maximum atomic E-state index is 15.0. The van der Waals surface area contributed by atoms with Gasteiger partial charge in [-0.3, -0.25) is 14.4 Å². The number of fused-ring (bicyclic) bond motifs is 1. The Bertz CT molecular complexity index is 1490. The smallest absolute Gasteiger partial charge is 0.253 e. The molecular formula is C37H46ClN3O6. The van der Waals surface area contributed by atoms with E-state index in [0.717, 1.165) is 5.56 Å². The summed E-state index contributed by atoms with van der Waals surface area (Å²) >= 11 is 6.70. The first-order valence-corrected chi connectivity index (χ1v) is 16.9. The molecule has 47 heavy (non-hydrogen) atoms. The van der Waals surface area contributed by atoms with Crippen LogP contribution in [0.3, 0.4) is 0 Å². The SMILES string of the molecule is C=CCN(C(=O)[C@@H]1[C@@H]2CCC3(O2)C(C(=O)N(CC=C)c2c(C)cccc2Cl)N([C@@H](CO)[C@@H](C)CC)C(=O)[C@H]13)c1ccc(OCC)cc1. The fourth-order valence-corrected chi connectivity index (χ4v) is 8.20. The number of aliphatic hydroxyl groups is 1. The van der Waals surface area contributed by atoms with Crippen molar-refractivity contribution in [1.29, 1.82) is 0 Å². The van der Waals surface area contributed by atoms with Crippen molar-refractivity contribution in [2.24, 2.45) is 17.8 Å². The summed E-state index contributed by atoms with van der Waals surface area (Å²) in [6, 6.07) is 10.9. The van der Waals surface area contributed by atoms with Gasteiger partial charge >= 0.3 is 0 Å². The first kappa shape index (κ1) is 34.7. The number of hydrogen-bond donors (Lipinski definition) is 1. The van der Waals surface area contributed by atoms with Gasteiger partial charge in [-0.25, -0.2) is 0 Å². The number of carbonyl (C=O) groups is 3. The molecule has 0 aromatic heterocycles. The molecule has 3 heterocycles. The van der Waals surface area contributed by atoms with Crippen LogP contribution >= 0.6 is 11.6 Å². The lowest BCUT2D eigenvalue weighted by Crippen LogP contribution is -2.60. The van der Waals surface area contributed by atoms with Gasteiger partial charge in [0.15, 0.2) is 0 Å². The first-order valence-electron chi connectivity index (χ1n) is 16.5. The third-order valence-electron chi connectivity index (χ3n) is 10.2. The Kier molecular flexibility index (Phi) is 10.5. The van der Waals surface area contributed by atoms with E-state index in [4.69, 9.17) is 21.1 Å². The number of hydrogen-bond acceptors (Lipinski definition) is 6. The van der Waals surface area contributed by atoms with Crippen LogP contribution < -0.4 is 14.5 Å². The summed E-state index contributed by atoms with van der Waals surface area (Å²) in [4.78, 5) is 49.2. The highest BCUT2D eigenvalue weighted by Crippen LogP contribution is 2.60. The third-order valence-corrected chi connectivity index (χ3v) is 10.5. The average Bonchev–Trinajstić information content (AvgIpc) is 3.71. The Labute approximate surface area is 282 Å². The summed E-state index contributed by atoms with van der Waals surface area (Å²) in [6.45, 7) is 16.0. The highest BCUT2D eigenvalue weighted by Gasteiger charge is 2.75. The highest BCUT2D eigenvalue weighted by molar-refractivity contribution is 6.34. The van der Waals surface area contributed by atoms with E-state index < -0.39 is 35.6 Å². The number of anilines is 2. The molecule has 5 rings (SSSR count). The van der Waals surface area contributed by atoms with E-state index in [9.17, 15) is 14.7 Å². The van der Waals surface area contributed by atoms with E-state index in [1.54, 1.807) is 45.1 Å². The molecular weight excluding hydrogens is 618 g/mol. The van der Waals surface area contributed by atoms with E-state index in [2.05, 4.69) is 13.2 Å². The molecule has 2 bridgehead atoms. The van der Waals surface area contributed by atoms with Crippen LogP contribution in [0.15, 0.2) is 67.8 Å². The lowest BCUT2D eigenvalue weighted by molar-refractivity contribution is -0.145. The molecule has 3 aliphatic rings. The number of amides is 3. The number of aryl methyl sites for hydroxylation is 1. The molecule has 3 fully saturated rings. The number of benzene rings is 2. The second-order valence-electron chi connectivity index (χ2n) is 12.7. The normalized spacial score (nSPS) is 25.7. The van der Waals surface area contributed by atoms with E-state index in [0.29, 0.717) is 48.0 Å². The zero-order valence-electron chi connectivity index (χ0n) is 27.7. The summed E-state index contributed by atoms with van der Waals surface area (Å²) in [5.74, 6) is -2.16. The zero-order valence-corrected chi connectivity index (χ0v) is 28.5. The third kappa shape index (κ3) is 5.87. The quantitative estimate of drug-likeness (QED) is 0.266. The Morgan fingerprint density at radius 3 is 2.40 bits per heavy atom. The van der Waals surface area contributed by atoms with Gasteiger partial charge in [-0.2, -0.15) is 0 Å². The van der Waals surface area contributed by atoms with E-state index in [-0.39, 0.29) is 43.3 Å². The Balaban J connectivity index is 1.61. The first-order chi connectivity index (χ1) is 22.6. The minimum Gasteiger partial charge on any atom is -0.494 e. The number of rotatable bonds is 14. The number of halogens is 1. The predicted octanol–water partition coefficient (Wildman–Crippen LogP) is 5.57. The molecule has 3 amide bonds. The number of likely N-dealkylation sites (tertiary alicyclic amines) is 1. The van der Waals surface area contributed by atoms with E-state index >= 15 is 4.79 Å². The number of ether oxygens (including phenoxy) is 2. The van der Waals surface area contributed by atoms with Crippen LogP contribution in [-0.2, 0) is 19.1 Å². The van der Waals surface area contributed by atoms with Crippen molar-refractivity contribution >= 4 is 40.7 Å². The zero-order chi connectivity index (χ0) is 34.0. The minimum atomic E-state index is -1.26. The van der Waals surface area contributed by atoms with Crippen molar-refractivity contribution in [2.45, 2.75) is 70.7 Å². The Morgan fingerprint density at radius 2 is 1.81 bits per heavy atom. The molecule has 3 saturated heterocycles. The fourth-order valence-electron chi connectivity index (χ4n) is 7.88. The van der Waals surface area contributed by atoms with Gasteiger partial charge < -0.3 is 29.3 Å². The Hall–Kier alpha value is -3.66. The molecule has 9 nitrogen and oxygen atoms in total. The van der Waals surface area contributed by atoms with Crippen molar-refractivity contribution in [3.63, 3.8) is 0 Å². The van der Waals surface area contributed by atoms with Gasteiger partial charge in [0.25, 0.3) is 5.91 Å². The average molecular weight is 664 g/mol. The van der Waals surface area contributed by atoms with Gasteiger partial charge in [0, 0.05) is 18.8 Å². The second kappa shape index (κ2) is 14.2. The number of aliphatic hydroxyl groups excluding tert-OH is 1. The van der Waals surface area contributed by atoms with Crippen molar-refractivity contribution in [2.75, 3.05) is 36.1 Å². The molecule has 7 atom stereocenters. The predicted molar refractivity (Wildman–Crippen MR) is 184 cm³/mol. The molecule has 2 aromatic carbocycles. The number of nitrogens with zero attached hydrogens (tertiary/aromatic N) is 3. The summed E-state index contributed by atoms with van der Waals surface area (Å²) in [5, 5.41) is 11.1. The highest BCUT2D eigenvalue weighted by atomic mass is 35.5. The molecule has 0 radical (unpaired) electrons. The van der Waals surface area contributed by atoms with Crippen LogP contribution in [0, 0.1) is 24.7 Å². The lowest BCUT2D eigenvalue weighted by Gasteiger charge is -2.41. The molecule has 3 aliphatic heterocycles. The molecule has 10 heteroatoms. The summed E-state index contributed by atoms with van der Waals surface area (Å²) in [5.41, 5.74) is 0.707. The van der Waals surface area contributed by atoms with Crippen LogP contribution in [0.5, 0.6) is 5.75 Å². The maximum absolute atomic E-state index is 15.0. The molecule has 2 unspecified atom stereocenters. The van der Waals surface area contributed by atoms with Crippen molar-refractivity contribution in [3.05, 3.63) is 78.4 Å². The maximum Gasteiger partial charge on any atom is 0.253 e. The monoisotopic (exact) mass is 663 g/mol. The summed E-state index contributed by atoms with van der Waals surface area (Å²) in [6.07, 6.45) is 4.34. The van der Waals surface area contributed by atoms with Crippen LogP contribution in [-0.4, -0.2) is 77.8 Å². The summed E-state index contributed by atoms with van der Waals surface area (Å²) in [7, 11) is 0. The standard InChI is InChI=1S/C37H46ClN3O6/c1-7-20-39(25-14-16-26(17-15-25)46-10-4)34(43)30-29-18-19-37(47-29)31(30)35(44)41(28(22-42)23(5)9-3)33(37)36(45)40(21-8-2)32-24(6)12-11-13-27(32)38/h7-8,11-17,23,28-31,33,42H,1-2,9-10,18-22H2,3-6H3/t23-,28-,29-,30+,31-,33?,37?/m0/s1. The van der Waals surface area contributed by atoms with Gasteiger partial charge in [-0.05, 0) is 68.5 Å². The van der Waals surface area contributed by atoms with Gasteiger partial charge in [-0.15, -0.1) is 13.2 Å². The van der Waals surface area contributed by atoms with Gasteiger partial charge in [0.2, 0.25) is 11.8 Å². The minimum absolute atomic E-state index is 0.128. The van der Waals surface area contributed by atoms with Crippen LogP contribution in [0.25, 0.3) is 0 Å². The van der Waals surface area contributed by atoms with Gasteiger partial charge in [0.1, 0.15) is 17.4 Å². The topological polar surface area (TPSA) is 99.6 Å². The van der Waals surface area contributed by atoms with Gasteiger partial charge in [-0.1, -0.05) is 56.2 Å². The fraction of sp³-hybridized carbons (Fsp3) is 0.486. The van der Waals surface area contributed by atoms with Crippen LogP contribution in [0.4, 0.5) is 11.4 Å². The molecule has 252 valence electrons. The number of carbonyl (C=O) groups excluding carboxylic acids is 3. The van der Waals surface area contributed by atoms with Crippen molar-refractivity contribution in [1.82, 2.24) is 4.90 Å². The van der Waals surface area contributed by atoms with Crippen LogP contribution in [0.2, 0.25) is 5.02 Å². The molecule has 0 saturated carbocycles. The molecule has 2 aromatic rings. The van der Waals surface area contributed by atoms with E-state index in [1.165, 1.54) is 0 Å². The lowest BCUT2D eigenvalue weighted by atomic mass is 9.70. The second-order valence-corrected chi connectivity index (χ2v) is 13.2. The summed E-state index contributed by atoms with van der Waals surface area (Å²) < 4.78 is 12.4. The van der Waals surface area contributed by atoms with Gasteiger partial charge in [0.05, 0.1) is 47.9 Å². The number of para-hydroxylation sites is 1. The van der Waals surface area contributed by atoms with Crippen LogP contribution in [0.1, 0.15) is 45.6 Å². The van der Waals surface area contributed by atoms with Crippen molar-refractivity contribution < 1.29 is 29.0 Å². The molecule has 1 N–H and O–H groups in total. The van der Waals surface area contributed by atoms with Crippen molar-refractivity contribution in [3.8, 4) is 5.75 Å². The largest absolute Gasteiger partial charge is 0.494 e. The Morgan fingerprint density at radius 1 is 1.13 bits per heavy atom. The molecule has 1 spiro atoms. The molecule has 0 aliphatic carbocycles.